The first-order chi connectivity index (χ1) is 7.09. The molecule has 0 bridgehead atoms. The van der Waals surface area contributed by atoms with Crippen LogP contribution >= 0.6 is 0 Å². The van der Waals surface area contributed by atoms with Gasteiger partial charge in [-0.1, -0.05) is 30.3 Å². The van der Waals surface area contributed by atoms with Crippen molar-refractivity contribution >= 4 is 12.1 Å². The molecule has 1 aromatic rings. The molecule has 0 aliphatic rings. The molecule has 0 heterocycles. The summed E-state index contributed by atoms with van der Waals surface area (Å²) in [6, 6.07) is 8.63. The van der Waals surface area contributed by atoms with E-state index in [2.05, 4.69) is 10.1 Å². The number of ether oxygens (including phenoxy) is 1. The van der Waals surface area contributed by atoms with Crippen molar-refractivity contribution in [1.29, 1.82) is 5.41 Å². The fraction of sp³-hybridized carbons (Fsp3) is 0.200. The molecule has 5 heteroatoms. The lowest BCUT2D eigenvalue weighted by molar-refractivity contribution is 0.192. The van der Waals surface area contributed by atoms with Crippen LogP contribution in [0.5, 0.6) is 0 Å². The van der Waals surface area contributed by atoms with Gasteiger partial charge >= 0.3 is 6.09 Å². The van der Waals surface area contributed by atoms with Gasteiger partial charge in [0.05, 0.1) is 6.04 Å². The Morgan fingerprint density at radius 3 is 2.60 bits per heavy atom. The van der Waals surface area contributed by atoms with Crippen LogP contribution in [0.25, 0.3) is 0 Å². The van der Waals surface area contributed by atoms with Gasteiger partial charge in [0.2, 0.25) is 0 Å². The first kappa shape index (κ1) is 11.0. The van der Waals surface area contributed by atoms with E-state index in [-0.39, 0.29) is 6.04 Å². The fourth-order valence-corrected chi connectivity index (χ4v) is 1.13. The molecule has 1 aromatic carbocycles. The maximum atomic E-state index is 11.1. The number of hydrogen-bond donors (Lipinski definition) is 3. The highest BCUT2D eigenvalue weighted by Gasteiger charge is 2.10. The molecule has 1 amide bonds. The van der Waals surface area contributed by atoms with Crippen molar-refractivity contribution in [3.05, 3.63) is 35.9 Å². The molecule has 0 saturated heterocycles. The Morgan fingerprint density at radius 1 is 1.47 bits per heavy atom. The summed E-state index contributed by atoms with van der Waals surface area (Å²) in [5, 5.41) is 9.31. The number of hydrogen-bond acceptors (Lipinski definition) is 3. The number of benzene rings is 1. The second kappa shape index (κ2) is 4.99. The van der Waals surface area contributed by atoms with Crippen molar-refractivity contribution in [2.75, 3.05) is 0 Å². The predicted molar refractivity (Wildman–Crippen MR) is 56.4 cm³/mol. The van der Waals surface area contributed by atoms with Gasteiger partial charge in [-0.2, -0.15) is 0 Å². The minimum Gasteiger partial charge on any atom is -0.377 e. The van der Waals surface area contributed by atoms with E-state index in [1.54, 1.807) is 0 Å². The number of amides is 1. The first-order valence-corrected chi connectivity index (χ1v) is 4.47. The Kier molecular flexibility index (Phi) is 3.68. The Balaban J connectivity index is 2.53. The van der Waals surface area contributed by atoms with Crippen molar-refractivity contribution < 1.29 is 9.53 Å². The summed E-state index contributed by atoms with van der Waals surface area (Å²) in [5.74, 6) is 0. The zero-order valence-corrected chi connectivity index (χ0v) is 8.36. The molecular weight excluding hydrogens is 194 g/mol. The summed E-state index contributed by atoms with van der Waals surface area (Å²) >= 11 is 0. The molecule has 1 atom stereocenters. The summed E-state index contributed by atoms with van der Waals surface area (Å²) in [6.07, 6.45) is -0.723. The minimum absolute atomic E-state index is 0.182. The van der Waals surface area contributed by atoms with Crippen molar-refractivity contribution in [2.45, 2.75) is 13.0 Å². The number of nitrogens with one attached hydrogen (secondary N) is 2. The van der Waals surface area contributed by atoms with E-state index in [1.165, 1.54) is 0 Å². The number of nitrogens with two attached hydrogens (primary N) is 1. The molecule has 0 radical (unpaired) electrons. The zero-order valence-electron chi connectivity index (χ0n) is 8.36. The summed E-state index contributed by atoms with van der Waals surface area (Å²) in [4.78, 5) is 11.1. The molecule has 0 fully saturated rings. The van der Waals surface area contributed by atoms with Crippen LogP contribution in [-0.4, -0.2) is 12.1 Å². The number of alkyl carbamates (subject to hydrolysis) is 1. The predicted octanol–water partition coefficient (Wildman–Crippen LogP) is 1.37. The molecule has 1 rings (SSSR count). The maximum Gasteiger partial charge on any atom is 0.415 e. The third kappa shape index (κ3) is 3.68. The number of carbonyl (C=O) groups excluding carboxylic acids is 1. The van der Waals surface area contributed by atoms with Crippen LogP contribution in [0.4, 0.5) is 4.79 Å². The Hall–Kier alpha value is -2.04. The van der Waals surface area contributed by atoms with Gasteiger partial charge in [-0.05, 0) is 12.5 Å². The SMILES string of the molecule is CC(NC(=O)OC(=N)N)c1ccccc1. The molecule has 15 heavy (non-hydrogen) atoms. The third-order valence-corrected chi connectivity index (χ3v) is 1.84. The quantitative estimate of drug-likeness (QED) is 0.505. The van der Waals surface area contributed by atoms with Gasteiger partial charge in [0.25, 0.3) is 6.02 Å². The van der Waals surface area contributed by atoms with Gasteiger partial charge in [-0.3, -0.25) is 5.41 Å². The van der Waals surface area contributed by atoms with Gasteiger partial charge in [0.15, 0.2) is 0 Å². The Labute approximate surface area is 87.7 Å². The second-order valence-electron chi connectivity index (χ2n) is 3.03. The fourth-order valence-electron chi connectivity index (χ4n) is 1.13. The summed E-state index contributed by atoms with van der Waals surface area (Å²) in [6.45, 7) is 1.82. The Morgan fingerprint density at radius 2 is 2.07 bits per heavy atom. The molecule has 0 spiro atoms. The molecule has 0 saturated carbocycles. The monoisotopic (exact) mass is 207 g/mol. The maximum absolute atomic E-state index is 11.1. The van der Waals surface area contributed by atoms with Crippen LogP contribution in [0.3, 0.4) is 0 Å². The molecule has 4 N–H and O–H groups in total. The van der Waals surface area contributed by atoms with E-state index in [4.69, 9.17) is 11.1 Å². The summed E-state index contributed by atoms with van der Waals surface area (Å²) in [5.41, 5.74) is 5.86. The molecule has 0 aliphatic carbocycles. The molecular formula is C10H13N3O2. The third-order valence-electron chi connectivity index (χ3n) is 1.84. The van der Waals surface area contributed by atoms with Crippen molar-refractivity contribution in [3.8, 4) is 0 Å². The zero-order chi connectivity index (χ0) is 11.3. The highest BCUT2D eigenvalue weighted by Crippen LogP contribution is 2.10. The average molecular weight is 207 g/mol. The molecule has 1 unspecified atom stereocenters. The van der Waals surface area contributed by atoms with Crippen LogP contribution in [0.1, 0.15) is 18.5 Å². The largest absolute Gasteiger partial charge is 0.415 e. The minimum atomic E-state index is -0.723. The van der Waals surface area contributed by atoms with E-state index >= 15 is 0 Å². The van der Waals surface area contributed by atoms with E-state index < -0.39 is 12.1 Å². The van der Waals surface area contributed by atoms with E-state index in [1.807, 2.05) is 37.3 Å². The second-order valence-corrected chi connectivity index (χ2v) is 3.03. The summed E-state index contributed by atoms with van der Waals surface area (Å²) in [7, 11) is 0. The molecule has 0 aliphatic heterocycles. The highest BCUT2D eigenvalue weighted by molar-refractivity contribution is 5.83. The van der Waals surface area contributed by atoms with Crippen LogP contribution < -0.4 is 11.1 Å². The van der Waals surface area contributed by atoms with Gasteiger partial charge in [-0.25, -0.2) is 4.79 Å². The van der Waals surface area contributed by atoms with Gasteiger partial charge in [-0.15, -0.1) is 0 Å². The van der Waals surface area contributed by atoms with Crippen LogP contribution in [0.2, 0.25) is 0 Å². The summed E-state index contributed by atoms with van der Waals surface area (Å²) < 4.78 is 4.35. The van der Waals surface area contributed by atoms with Crippen molar-refractivity contribution in [1.82, 2.24) is 5.32 Å². The first-order valence-electron chi connectivity index (χ1n) is 4.47. The normalized spacial score (nSPS) is 11.5. The van der Waals surface area contributed by atoms with E-state index in [0.717, 1.165) is 5.56 Å². The van der Waals surface area contributed by atoms with Gasteiger partial charge < -0.3 is 15.8 Å². The molecule has 80 valence electrons. The smallest absolute Gasteiger partial charge is 0.377 e. The number of carbonyl (C=O) groups is 1. The number of rotatable bonds is 2. The van der Waals surface area contributed by atoms with E-state index in [9.17, 15) is 4.79 Å². The van der Waals surface area contributed by atoms with Crippen molar-refractivity contribution in [2.24, 2.45) is 5.73 Å². The lowest BCUT2D eigenvalue weighted by Crippen LogP contribution is -2.31. The van der Waals surface area contributed by atoms with E-state index in [0.29, 0.717) is 0 Å². The Bertz CT molecular complexity index is 351. The van der Waals surface area contributed by atoms with Crippen LogP contribution in [-0.2, 0) is 4.74 Å². The standard InChI is InChI=1S/C10H13N3O2/c1-7(8-5-3-2-4-6-8)13-10(14)15-9(11)12/h2-7H,1H3,(H3,11,12)(H,13,14). The number of amidine groups is 1. The van der Waals surface area contributed by atoms with Gasteiger partial charge in [0, 0.05) is 0 Å². The van der Waals surface area contributed by atoms with Crippen LogP contribution in [0.15, 0.2) is 30.3 Å². The highest BCUT2D eigenvalue weighted by atomic mass is 16.6. The average Bonchev–Trinajstić information content (AvgIpc) is 2.17. The lowest BCUT2D eigenvalue weighted by atomic mass is 10.1. The lowest BCUT2D eigenvalue weighted by Gasteiger charge is -2.13. The topological polar surface area (TPSA) is 88.2 Å². The van der Waals surface area contributed by atoms with Gasteiger partial charge in [0.1, 0.15) is 0 Å². The molecule has 5 nitrogen and oxygen atoms in total. The molecule has 0 aromatic heterocycles. The van der Waals surface area contributed by atoms with Crippen molar-refractivity contribution in [3.63, 3.8) is 0 Å². The van der Waals surface area contributed by atoms with Crippen LogP contribution in [0, 0.1) is 5.41 Å².